The Hall–Kier alpha value is -2.12. The summed E-state index contributed by atoms with van der Waals surface area (Å²) in [4.78, 5) is 12.6. The van der Waals surface area contributed by atoms with Gasteiger partial charge in [-0.3, -0.25) is 10.1 Å². The summed E-state index contributed by atoms with van der Waals surface area (Å²) < 4.78 is 17.4. The lowest BCUT2D eigenvalue weighted by Crippen LogP contribution is -2.50. The highest BCUT2D eigenvalue weighted by molar-refractivity contribution is 5.70. The largest absolute Gasteiger partial charge is 0.493 e. The van der Waals surface area contributed by atoms with Crippen molar-refractivity contribution in [1.29, 1.82) is 0 Å². The van der Waals surface area contributed by atoms with Crippen molar-refractivity contribution in [3.63, 3.8) is 0 Å². The van der Waals surface area contributed by atoms with Crippen molar-refractivity contribution in [2.45, 2.75) is 25.9 Å². The Balaban J connectivity index is 2.13. The molecule has 0 aliphatic carbocycles. The number of non-ortho nitro benzene ring substituents is 1. The van der Waals surface area contributed by atoms with Crippen molar-refractivity contribution in [1.82, 2.24) is 4.90 Å². The molecule has 7 nitrogen and oxygen atoms in total. The molecule has 2 unspecified atom stereocenters. The molecule has 22 heavy (non-hydrogen) atoms. The highest BCUT2D eigenvalue weighted by Gasteiger charge is 2.50. The fourth-order valence-corrected chi connectivity index (χ4v) is 3.03. The monoisotopic (exact) mass is 306 g/mol. The molecule has 1 fully saturated rings. The van der Waals surface area contributed by atoms with Gasteiger partial charge in [0.25, 0.3) is 11.6 Å². The summed E-state index contributed by atoms with van der Waals surface area (Å²) in [6.45, 7) is 4.60. The second-order valence-corrected chi connectivity index (χ2v) is 5.64. The van der Waals surface area contributed by atoms with Crippen LogP contribution in [0.1, 0.15) is 19.4 Å². The number of nitrogens with zero attached hydrogens (tertiary/aromatic N) is 2. The smallest absolute Gasteiger partial charge is 0.297 e. The van der Waals surface area contributed by atoms with Gasteiger partial charge in [0.1, 0.15) is 0 Å². The molecule has 1 aromatic carbocycles. The van der Waals surface area contributed by atoms with E-state index in [0.717, 1.165) is 12.1 Å². The van der Waals surface area contributed by atoms with Crippen LogP contribution in [0.2, 0.25) is 0 Å². The standard InChI is InChI=1S/C15H18N2O5/c1-9-5-11-6-12(17(18)19)7-13(20-4)14(11)22-15(9)16(3)8-10(2)21-15/h5-7,10H,8H2,1-4H3. The van der Waals surface area contributed by atoms with E-state index in [4.69, 9.17) is 14.2 Å². The molecule has 0 radical (unpaired) electrons. The number of rotatable bonds is 2. The molecule has 0 N–H and O–H groups in total. The second kappa shape index (κ2) is 4.96. The minimum Gasteiger partial charge on any atom is -0.493 e. The molecule has 2 heterocycles. The molecule has 2 aliphatic heterocycles. The predicted molar refractivity (Wildman–Crippen MR) is 79.8 cm³/mol. The highest BCUT2D eigenvalue weighted by atomic mass is 16.7. The topological polar surface area (TPSA) is 74.1 Å². The van der Waals surface area contributed by atoms with Crippen LogP contribution in [0.3, 0.4) is 0 Å². The summed E-state index contributed by atoms with van der Waals surface area (Å²) in [5.41, 5.74) is 1.42. The maximum atomic E-state index is 11.0. The molecular weight excluding hydrogens is 288 g/mol. The van der Waals surface area contributed by atoms with Crippen LogP contribution >= 0.6 is 0 Å². The van der Waals surface area contributed by atoms with Crippen LogP contribution < -0.4 is 9.47 Å². The normalized spacial score (nSPS) is 27.3. The van der Waals surface area contributed by atoms with Crippen LogP contribution in [-0.4, -0.2) is 42.5 Å². The number of nitro benzene ring substituents is 1. The molecule has 0 aromatic heterocycles. The summed E-state index contributed by atoms with van der Waals surface area (Å²) in [6, 6.07) is 2.84. The third kappa shape index (κ3) is 2.05. The van der Waals surface area contributed by atoms with Crippen molar-refractivity contribution in [3.8, 4) is 11.5 Å². The SMILES string of the molecule is COc1cc([N+](=O)[O-])cc2c1OC1(OC(C)CN1C)C(C)=C2. The molecular formula is C15H18N2O5. The van der Waals surface area contributed by atoms with Gasteiger partial charge in [0, 0.05) is 23.7 Å². The van der Waals surface area contributed by atoms with Crippen LogP contribution in [0.25, 0.3) is 6.08 Å². The first-order valence-corrected chi connectivity index (χ1v) is 7.00. The highest BCUT2D eigenvalue weighted by Crippen LogP contribution is 2.47. The van der Waals surface area contributed by atoms with Gasteiger partial charge in [-0.2, -0.15) is 0 Å². The minimum atomic E-state index is -0.976. The predicted octanol–water partition coefficient (Wildman–Crippen LogP) is 2.40. The van der Waals surface area contributed by atoms with Gasteiger partial charge < -0.3 is 14.2 Å². The average molecular weight is 306 g/mol. The zero-order chi connectivity index (χ0) is 16.1. The van der Waals surface area contributed by atoms with E-state index in [0.29, 0.717) is 17.1 Å². The summed E-state index contributed by atoms with van der Waals surface area (Å²) >= 11 is 0. The number of ether oxygens (including phenoxy) is 3. The Kier molecular flexibility index (Phi) is 3.34. The maximum Gasteiger partial charge on any atom is 0.297 e. The Bertz CT molecular complexity index is 672. The van der Waals surface area contributed by atoms with Crippen molar-refractivity contribution in [2.24, 2.45) is 0 Å². The van der Waals surface area contributed by atoms with Gasteiger partial charge in [-0.1, -0.05) is 0 Å². The molecule has 1 spiro atoms. The van der Waals surface area contributed by atoms with Gasteiger partial charge in [0.2, 0.25) is 0 Å². The number of likely N-dealkylation sites (N-methyl/N-ethyl adjacent to an activating group) is 1. The molecule has 0 saturated carbocycles. The van der Waals surface area contributed by atoms with Crippen LogP contribution in [0, 0.1) is 10.1 Å². The van der Waals surface area contributed by atoms with Crippen molar-refractivity contribution < 1.29 is 19.1 Å². The number of methoxy groups -OCH3 is 1. The van der Waals surface area contributed by atoms with Gasteiger partial charge in [-0.15, -0.1) is 0 Å². The summed E-state index contributed by atoms with van der Waals surface area (Å²) in [7, 11) is 3.38. The fourth-order valence-electron chi connectivity index (χ4n) is 3.03. The lowest BCUT2D eigenvalue weighted by molar-refractivity contribution is -0.385. The molecule has 118 valence electrons. The summed E-state index contributed by atoms with van der Waals surface area (Å²) in [5, 5.41) is 11.0. The van der Waals surface area contributed by atoms with E-state index in [-0.39, 0.29) is 11.8 Å². The van der Waals surface area contributed by atoms with Crippen molar-refractivity contribution >= 4 is 11.8 Å². The molecule has 0 amide bonds. The van der Waals surface area contributed by atoms with Gasteiger partial charge in [-0.25, -0.2) is 4.90 Å². The molecule has 1 saturated heterocycles. The Labute approximate surface area is 128 Å². The zero-order valence-electron chi connectivity index (χ0n) is 13.0. The number of hydrogen-bond donors (Lipinski definition) is 0. The van der Waals surface area contributed by atoms with E-state index in [1.807, 2.05) is 31.9 Å². The Morgan fingerprint density at radius 1 is 1.50 bits per heavy atom. The number of hydrogen-bond acceptors (Lipinski definition) is 6. The molecule has 2 atom stereocenters. The van der Waals surface area contributed by atoms with Gasteiger partial charge in [0.15, 0.2) is 11.5 Å². The third-order valence-corrected chi connectivity index (χ3v) is 4.00. The van der Waals surface area contributed by atoms with Crippen LogP contribution in [0.4, 0.5) is 5.69 Å². The fraction of sp³-hybridized carbons (Fsp3) is 0.467. The summed E-state index contributed by atoms with van der Waals surface area (Å²) in [5.74, 6) is -0.195. The van der Waals surface area contributed by atoms with E-state index >= 15 is 0 Å². The first-order chi connectivity index (χ1) is 10.4. The molecule has 1 aromatic rings. The first kappa shape index (κ1) is 14.8. The minimum absolute atomic E-state index is 0.0268. The quantitative estimate of drug-likeness (QED) is 0.617. The molecule has 3 rings (SSSR count). The van der Waals surface area contributed by atoms with Crippen molar-refractivity contribution in [2.75, 3.05) is 20.7 Å². The average Bonchev–Trinajstić information content (AvgIpc) is 2.74. The van der Waals surface area contributed by atoms with E-state index in [1.165, 1.54) is 19.2 Å². The maximum absolute atomic E-state index is 11.0. The molecule has 2 aliphatic rings. The Morgan fingerprint density at radius 3 is 2.77 bits per heavy atom. The van der Waals surface area contributed by atoms with Crippen LogP contribution in [0.15, 0.2) is 17.7 Å². The van der Waals surface area contributed by atoms with E-state index < -0.39 is 10.8 Å². The molecule has 7 heteroatoms. The van der Waals surface area contributed by atoms with Crippen molar-refractivity contribution in [3.05, 3.63) is 33.4 Å². The van der Waals surface area contributed by atoms with Crippen LogP contribution in [0.5, 0.6) is 11.5 Å². The van der Waals surface area contributed by atoms with E-state index in [1.54, 1.807) is 0 Å². The number of benzene rings is 1. The Morgan fingerprint density at radius 2 is 2.23 bits per heavy atom. The lowest BCUT2D eigenvalue weighted by Gasteiger charge is -2.38. The second-order valence-electron chi connectivity index (χ2n) is 5.64. The van der Waals surface area contributed by atoms with E-state index in [2.05, 4.69) is 0 Å². The molecule has 0 bridgehead atoms. The van der Waals surface area contributed by atoms with Gasteiger partial charge in [0.05, 0.1) is 24.2 Å². The van der Waals surface area contributed by atoms with E-state index in [9.17, 15) is 10.1 Å². The van der Waals surface area contributed by atoms with Crippen LogP contribution in [-0.2, 0) is 4.74 Å². The third-order valence-electron chi connectivity index (χ3n) is 4.00. The number of nitro groups is 1. The van der Waals surface area contributed by atoms with Gasteiger partial charge >= 0.3 is 0 Å². The lowest BCUT2D eigenvalue weighted by atomic mass is 10.0. The number of fused-ring (bicyclic) bond motifs is 1. The summed E-state index contributed by atoms with van der Waals surface area (Å²) in [6.07, 6.45) is 1.88. The van der Waals surface area contributed by atoms with Gasteiger partial charge in [-0.05, 0) is 27.0 Å². The zero-order valence-corrected chi connectivity index (χ0v) is 13.0. The first-order valence-electron chi connectivity index (χ1n) is 7.00.